The van der Waals surface area contributed by atoms with Gasteiger partial charge in [0, 0.05) is 32.1 Å². The summed E-state index contributed by atoms with van der Waals surface area (Å²) in [6.07, 6.45) is 1.61. The highest BCUT2D eigenvalue weighted by molar-refractivity contribution is 6.31. The van der Waals surface area contributed by atoms with Gasteiger partial charge < -0.3 is 14.8 Å². The Morgan fingerprint density at radius 3 is 2.77 bits per heavy atom. The third-order valence-corrected chi connectivity index (χ3v) is 5.27. The van der Waals surface area contributed by atoms with Crippen molar-refractivity contribution in [2.24, 2.45) is 0 Å². The fourth-order valence-corrected chi connectivity index (χ4v) is 3.77. The van der Waals surface area contributed by atoms with E-state index in [0.29, 0.717) is 13.1 Å². The van der Waals surface area contributed by atoms with Crippen molar-refractivity contribution >= 4 is 29.9 Å². The van der Waals surface area contributed by atoms with Crippen molar-refractivity contribution in [3.8, 4) is 0 Å². The van der Waals surface area contributed by atoms with Crippen molar-refractivity contribution in [2.75, 3.05) is 19.6 Å². The van der Waals surface area contributed by atoms with Gasteiger partial charge in [0.25, 0.3) is 5.91 Å². The average Bonchev–Trinajstić information content (AvgIpc) is 3.08. The molecular formula is C17H20Cl2FN5O. The number of piperidine rings is 1. The molecule has 0 bridgehead atoms. The predicted molar refractivity (Wildman–Crippen MR) is 98.3 cm³/mol. The summed E-state index contributed by atoms with van der Waals surface area (Å²) in [5, 5.41) is 11.9. The molecule has 140 valence electrons. The molecule has 1 N–H and O–H groups in total. The van der Waals surface area contributed by atoms with E-state index >= 15 is 0 Å². The number of halogens is 3. The molecule has 3 heterocycles. The molecule has 1 amide bonds. The summed E-state index contributed by atoms with van der Waals surface area (Å²) in [6.45, 7) is 3.71. The largest absolute Gasteiger partial charge is 0.339 e. The van der Waals surface area contributed by atoms with Crippen molar-refractivity contribution in [3.63, 3.8) is 0 Å². The first kappa shape index (κ1) is 19.1. The Labute approximate surface area is 162 Å². The highest BCUT2D eigenvalue weighted by Gasteiger charge is 2.30. The minimum atomic E-state index is -0.643. The first-order chi connectivity index (χ1) is 12.1. The van der Waals surface area contributed by atoms with Crippen LogP contribution in [0.15, 0.2) is 18.2 Å². The molecule has 26 heavy (non-hydrogen) atoms. The van der Waals surface area contributed by atoms with Gasteiger partial charge in [0.1, 0.15) is 11.6 Å². The normalized spacial score (nSPS) is 17.5. The molecule has 0 radical (unpaired) electrons. The summed E-state index contributed by atoms with van der Waals surface area (Å²) in [6, 6.07) is 4.53. The van der Waals surface area contributed by atoms with Crippen LogP contribution in [0.5, 0.6) is 0 Å². The topological polar surface area (TPSA) is 63.1 Å². The molecular weight excluding hydrogens is 380 g/mol. The number of fused-ring (bicyclic) bond motifs is 1. The molecule has 4 rings (SSSR count). The van der Waals surface area contributed by atoms with Crippen molar-refractivity contribution < 1.29 is 9.18 Å². The van der Waals surface area contributed by atoms with Crippen molar-refractivity contribution in [1.29, 1.82) is 0 Å². The number of amides is 1. The summed E-state index contributed by atoms with van der Waals surface area (Å²) < 4.78 is 16.3. The van der Waals surface area contributed by atoms with Gasteiger partial charge in [-0.15, -0.1) is 22.6 Å². The highest BCUT2D eigenvalue weighted by Crippen LogP contribution is 2.29. The van der Waals surface area contributed by atoms with Gasteiger partial charge in [0.15, 0.2) is 5.82 Å². The van der Waals surface area contributed by atoms with Crippen LogP contribution in [0.2, 0.25) is 5.02 Å². The average molecular weight is 400 g/mol. The van der Waals surface area contributed by atoms with E-state index in [2.05, 4.69) is 20.1 Å². The molecule has 1 saturated heterocycles. The van der Waals surface area contributed by atoms with Crippen LogP contribution in [0.4, 0.5) is 4.39 Å². The van der Waals surface area contributed by atoms with Gasteiger partial charge in [-0.3, -0.25) is 4.79 Å². The summed E-state index contributed by atoms with van der Waals surface area (Å²) in [5.41, 5.74) is 0.0388. The minimum Gasteiger partial charge on any atom is -0.339 e. The summed E-state index contributed by atoms with van der Waals surface area (Å²) in [4.78, 5) is 14.3. The van der Waals surface area contributed by atoms with Crippen LogP contribution < -0.4 is 5.32 Å². The van der Waals surface area contributed by atoms with Crippen molar-refractivity contribution in [3.05, 3.63) is 46.3 Å². The molecule has 6 nitrogen and oxygen atoms in total. The quantitative estimate of drug-likeness (QED) is 0.842. The van der Waals surface area contributed by atoms with Gasteiger partial charge in [-0.2, -0.15) is 0 Å². The number of carbonyl (C=O) groups is 1. The van der Waals surface area contributed by atoms with Gasteiger partial charge in [0.05, 0.1) is 17.1 Å². The number of carbonyl (C=O) groups excluding carboxylic acids is 1. The molecule has 2 aliphatic rings. The Morgan fingerprint density at radius 2 is 2.00 bits per heavy atom. The third-order valence-electron chi connectivity index (χ3n) is 4.98. The molecule has 0 aliphatic carbocycles. The Bertz CT molecular complexity index is 804. The van der Waals surface area contributed by atoms with Crippen LogP contribution in [0, 0.1) is 5.82 Å². The standard InChI is InChI=1S/C17H19ClFN5O.ClH/c18-13-3-1-2-12(15(13)19)17(25)23-7-4-11(5-8-23)16-22-21-14-10-20-6-9-24(14)16;/h1-3,11,20H,4-10H2;1H. The minimum absolute atomic E-state index is 0. The zero-order valence-corrected chi connectivity index (χ0v) is 15.7. The maximum Gasteiger partial charge on any atom is 0.256 e. The lowest BCUT2D eigenvalue weighted by atomic mass is 9.95. The van der Waals surface area contributed by atoms with Gasteiger partial charge in [-0.1, -0.05) is 17.7 Å². The zero-order chi connectivity index (χ0) is 17.4. The maximum absolute atomic E-state index is 14.1. The number of hydrogen-bond donors (Lipinski definition) is 1. The number of hydrogen-bond acceptors (Lipinski definition) is 4. The summed E-state index contributed by atoms with van der Waals surface area (Å²) in [7, 11) is 0. The van der Waals surface area contributed by atoms with Crippen LogP contribution in [-0.2, 0) is 13.1 Å². The molecule has 9 heteroatoms. The highest BCUT2D eigenvalue weighted by atomic mass is 35.5. The van der Waals surface area contributed by atoms with E-state index in [1.807, 2.05) is 0 Å². The van der Waals surface area contributed by atoms with E-state index in [1.54, 1.807) is 11.0 Å². The Balaban J connectivity index is 0.00000196. The van der Waals surface area contributed by atoms with E-state index in [0.717, 1.165) is 44.1 Å². The van der Waals surface area contributed by atoms with Gasteiger partial charge in [-0.25, -0.2) is 4.39 Å². The first-order valence-corrected chi connectivity index (χ1v) is 8.89. The van der Waals surface area contributed by atoms with Crippen LogP contribution in [0.1, 0.15) is 40.8 Å². The van der Waals surface area contributed by atoms with Gasteiger partial charge in [-0.05, 0) is 25.0 Å². The molecule has 2 aromatic rings. The lowest BCUT2D eigenvalue weighted by Crippen LogP contribution is -2.39. The first-order valence-electron chi connectivity index (χ1n) is 8.51. The van der Waals surface area contributed by atoms with Crippen LogP contribution in [0.3, 0.4) is 0 Å². The van der Waals surface area contributed by atoms with Crippen LogP contribution >= 0.6 is 24.0 Å². The number of benzene rings is 1. The summed E-state index contributed by atoms with van der Waals surface area (Å²) in [5.74, 6) is 1.33. The van der Waals surface area contributed by atoms with Crippen molar-refractivity contribution in [1.82, 2.24) is 25.0 Å². The number of likely N-dealkylation sites (tertiary alicyclic amines) is 1. The van der Waals surface area contributed by atoms with E-state index in [1.165, 1.54) is 12.1 Å². The van der Waals surface area contributed by atoms with Gasteiger partial charge in [0.2, 0.25) is 0 Å². The van der Waals surface area contributed by atoms with Crippen molar-refractivity contribution in [2.45, 2.75) is 31.8 Å². The third kappa shape index (κ3) is 3.43. The molecule has 0 spiro atoms. The van der Waals surface area contributed by atoms with E-state index in [9.17, 15) is 9.18 Å². The zero-order valence-electron chi connectivity index (χ0n) is 14.1. The Morgan fingerprint density at radius 1 is 1.23 bits per heavy atom. The second-order valence-corrected chi connectivity index (χ2v) is 6.88. The molecule has 2 aliphatic heterocycles. The molecule has 0 unspecified atom stereocenters. The van der Waals surface area contributed by atoms with Gasteiger partial charge >= 0.3 is 0 Å². The number of nitrogens with one attached hydrogen (secondary N) is 1. The van der Waals surface area contributed by atoms with E-state index in [4.69, 9.17) is 11.6 Å². The molecule has 1 fully saturated rings. The van der Waals surface area contributed by atoms with E-state index in [-0.39, 0.29) is 34.8 Å². The van der Waals surface area contributed by atoms with Crippen LogP contribution in [-0.4, -0.2) is 45.2 Å². The number of nitrogens with zero attached hydrogens (tertiary/aromatic N) is 4. The number of rotatable bonds is 2. The van der Waals surface area contributed by atoms with Crippen LogP contribution in [0.25, 0.3) is 0 Å². The summed E-state index contributed by atoms with van der Waals surface area (Å²) >= 11 is 5.79. The second-order valence-electron chi connectivity index (χ2n) is 6.47. The SMILES string of the molecule is Cl.O=C(c1cccc(Cl)c1F)N1CCC(c2nnc3n2CCNC3)CC1. The Hall–Kier alpha value is -1.70. The fraction of sp³-hybridized carbons (Fsp3) is 0.471. The second kappa shape index (κ2) is 7.90. The predicted octanol–water partition coefficient (Wildman–Crippen LogP) is 2.62. The number of aromatic nitrogens is 3. The molecule has 1 aromatic heterocycles. The fourth-order valence-electron chi connectivity index (χ4n) is 3.60. The monoisotopic (exact) mass is 399 g/mol. The lowest BCUT2D eigenvalue weighted by Gasteiger charge is -2.32. The maximum atomic E-state index is 14.1. The Kier molecular flexibility index (Phi) is 5.79. The molecule has 1 aromatic carbocycles. The lowest BCUT2D eigenvalue weighted by molar-refractivity contribution is 0.0705. The molecule has 0 atom stereocenters. The van der Waals surface area contributed by atoms with E-state index < -0.39 is 5.82 Å². The smallest absolute Gasteiger partial charge is 0.256 e. The molecule has 0 saturated carbocycles.